The Hall–Kier alpha value is -3.16. The minimum absolute atomic E-state index is 0.207. The number of amidine groups is 1. The number of hydrogen-bond donors (Lipinski definition) is 2. The average Bonchev–Trinajstić information content (AvgIpc) is 2.76. The van der Waals surface area contributed by atoms with E-state index in [4.69, 9.17) is 4.74 Å². The molecule has 0 aliphatic carbocycles. The maximum atomic E-state index is 14.4. The van der Waals surface area contributed by atoms with Crippen LogP contribution < -0.4 is 10.0 Å². The molecule has 35 heavy (non-hydrogen) atoms. The van der Waals surface area contributed by atoms with E-state index >= 15 is 0 Å². The molecule has 0 radical (unpaired) electrons. The van der Waals surface area contributed by atoms with E-state index in [-0.39, 0.29) is 30.3 Å². The van der Waals surface area contributed by atoms with Gasteiger partial charge >= 0.3 is 0 Å². The normalized spacial score (nSPS) is 19.8. The molecule has 0 bridgehead atoms. The van der Waals surface area contributed by atoms with Gasteiger partial charge in [0.15, 0.2) is 11.3 Å². The fourth-order valence-electron chi connectivity index (χ4n) is 3.47. The number of methoxy groups -OCH3 is 1. The predicted octanol–water partition coefficient (Wildman–Crippen LogP) is 1.33. The summed E-state index contributed by atoms with van der Waals surface area (Å²) < 4.78 is 84.9. The van der Waals surface area contributed by atoms with E-state index in [1.54, 1.807) is 30.3 Å². The van der Waals surface area contributed by atoms with E-state index in [9.17, 15) is 30.4 Å². The van der Waals surface area contributed by atoms with Gasteiger partial charge in [0.25, 0.3) is 0 Å². The van der Waals surface area contributed by atoms with Crippen molar-refractivity contribution in [1.82, 2.24) is 10.0 Å². The monoisotopic (exact) mass is 527 g/mol. The van der Waals surface area contributed by atoms with Crippen LogP contribution in [0.15, 0.2) is 70.4 Å². The zero-order valence-electron chi connectivity index (χ0n) is 18.8. The Bertz CT molecular complexity index is 1390. The lowest BCUT2D eigenvalue weighted by Gasteiger charge is -2.37. The predicted molar refractivity (Wildman–Crippen MR) is 125 cm³/mol. The van der Waals surface area contributed by atoms with E-state index in [1.165, 1.54) is 7.11 Å². The lowest BCUT2D eigenvalue weighted by molar-refractivity contribution is -0.122. The van der Waals surface area contributed by atoms with Gasteiger partial charge in [0.2, 0.25) is 15.8 Å². The molecule has 0 fully saturated rings. The van der Waals surface area contributed by atoms with Gasteiger partial charge in [-0.2, -0.15) is 4.72 Å². The van der Waals surface area contributed by atoms with E-state index in [0.717, 1.165) is 24.6 Å². The Morgan fingerprint density at radius 3 is 2.37 bits per heavy atom. The van der Waals surface area contributed by atoms with Crippen LogP contribution in [0.5, 0.6) is 0 Å². The van der Waals surface area contributed by atoms with Crippen LogP contribution in [0.2, 0.25) is 0 Å². The second-order valence-corrected chi connectivity index (χ2v) is 11.7. The van der Waals surface area contributed by atoms with Gasteiger partial charge < -0.3 is 10.1 Å². The number of sulfonamides is 1. The van der Waals surface area contributed by atoms with Crippen LogP contribution in [0.4, 0.5) is 8.78 Å². The molecule has 0 saturated carbocycles. The van der Waals surface area contributed by atoms with Crippen molar-refractivity contribution in [2.24, 2.45) is 4.99 Å². The molecule has 0 spiro atoms. The summed E-state index contributed by atoms with van der Waals surface area (Å²) in [5.41, 5.74) is -1.64. The van der Waals surface area contributed by atoms with Gasteiger partial charge in [-0.15, -0.1) is 0 Å². The number of carbonyl (C=O) groups excluding carboxylic acids is 1. The highest BCUT2D eigenvalue weighted by molar-refractivity contribution is 7.90. The SMILES string of the molecule is COC1=CNC(=NCCS(C)(=O)=O)C(Cc2ccccc2)(NS(=O)(=O)c2ccc(F)cc2F)C1=O. The van der Waals surface area contributed by atoms with Crippen LogP contribution in [-0.4, -0.2) is 59.7 Å². The first-order valence-electron chi connectivity index (χ1n) is 10.2. The smallest absolute Gasteiger partial charge is 0.244 e. The molecule has 0 amide bonds. The van der Waals surface area contributed by atoms with Crippen molar-refractivity contribution in [3.63, 3.8) is 0 Å². The fraction of sp³-hybridized carbons (Fsp3) is 0.273. The van der Waals surface area contributed by atoms with Crippen molar-refractivity contribution in [3.05, 3.63) is 77.7 Å². The molecule has 1 unspecified atom stereocenters. The van der Waals surface area contributed by atoms with E-state index in [2.05, 4.69) is 15.0 Å². The van der Waals surface area contributed by atoms with E-state index < -0.39 is 47.7 Å². The molecule has 1 aliphatic rings. The van der Waals surface area contributed by atoms with Gasteiger partial charge in [0.1, 0.15) is 32.2 Å². The number of nitrogens with zero attached hydrogens (tertiary/aromatic N) is 1. The highest BCUT2D eigenvalue weighted by Gasteiger charge is 2.51. The van der Waals surface area contributed by atoms with Gasteiger partial charge in [-0.3, -0.25) is 9.79 Å². The molecule has 188 valence electrons. The summed E-state index contributed by atoms with van der Waals surface area (Å²) in [7, 11) is -6.99. The van der Waals surface area contributed by atoms with Gasteiger partial charge in [-0.1, -0.05) is 30.3 Å². The van der Waals surface area contributed by atoms with Gasteiger partial charge in [-0.25, -0.2) is 25.6 Å². The third-order valence-electron chi connectivity index (χ3n) is 5.11. The van der Waals surface area contributed by atoms with Crippen molar-refractivity contribution < 1.29 is 35.1 Å². The lowest BCUT2D eigenvalue weighted by Crippen LogP contribution is -2.66. The number of Topliss-reactive ketones (excluding diaryl/α,β-unsaturated/α-hetero) is 1. The van der Waals surface area contributed by atoms with E-state index in [0.29, 0.717) is 11.6 Å². The Kier molecular flexibility index (Phi) is 7.72. The van der Waals surface area contributed by atoms with Crippen LogP contribution in [-0.2, 0) is 35.8 Å². The van der Waals surface area contributed by atoms with Crippen LogP contribution >= 0.6 is 0 Å². The first kappa shape index (κ1) is 26.4. The minimum atomic E-state index is -4.77. The molecule has 9 nitrogen and oxygen atoms in total. The standard InChI is InChI=1S/C22H23F2N3O6S2/c1-33-18-14-26-21(25-10-11-34(2,29)30)22(20(18)28,13-15-6-4-3-5-7-15)27-35(31,32)19-9-8-16(23)12-17(19)24/h3-9,12,14,27H,10-11,13H2,1-2H3,(H,25,26). The maximum absolute atomic E-state index is 14.4. The second-order valence-electron chi connectivity index (χ2n) is 7.79. The molecule has 0 saturated heterocycles. The molecule has 1 aliphatic heterocycles. The minimum Gasteiger partial charge on any atom is -0.491 e. The first-order chi connectivity index (χ1) is 16.4. The van der Waals surface area contributed by atoms with Crippen LogP contribution in [0.3, 0.4) is 0 Å². The molecule has 1 atom stereocenters. The summed E-state index contributed by atoms with van der Waals surface area (Å²) in [4.78, 5) is 16.9. The molecule has 2 N–H and O–H groups in total. The van der Waals surface area contributed by atoms with Crippen LogP contribution in [0.25, 0.3) is 0 Å². The fourth-order valence-corrected chi connectivity index (χ4v) is 5.29. The number of hydrogen-bond acceptors (Lipinski definition) is 7. The molecular formula is C22H23F2N3O6S2. The Morgan fingerprint density at radius 2 is 1.77 bits per heavy atom. The highest BCUT2D eigenvalue weighted by atomic mass is 32.2. The van der Waals surface area contributed by atoms with Crippen molar-refractivity contribution in [2.45, 2.75) is 16.9 Å². The number of ether oxygens (including phenoxy) is 1. The topological polar surface area (TPSA) is 131 Å². The largest absolute Gasteiger partial charge is 0.491 e. The first-order valence-corrected chi connectivity index (χ1v) is 13.7. The molecule has 13 heteroatoms. The summed E-state index contributed by atoms with van der Waals surface area (Å²) in [5, 5.41) is 2.71. The van der Waals surface area contributed by atoms with Crippen LogP contribution in [0, 0.1) is 11.6 Å². The van der Waals surface area contributed by atoms with Gasteiger partial charge in [0, 0.05) is 24.9 Å². The second kappa shape index (κ2) is 10.2. The van der Waals surface area contributed by atoms with Crippen molar-refractivity contribution in [2.75, 3.05) is 25.7 Å². The van der Waals surface area contributed by atoms with Crippen molar-refractivity contribution >= 4 is 31.5 Å². The number of nitrogens with one attached hydrogen (secondary N) is 2. The third-order valence-corrected chi connectivity index (χ3v) is 7.56. The number of halogens is 2. The zero-order valence-corrected chi connectivity index (χ0v) is 20.4. The molecular weight excluding hydrogens is 504 g/mol. The Morgan fingerprint density at radius 1 is 1.09 bits per heavy atom. The third kappa shape index (κ3) is 6.10. The summed E-state index contributed by atoms with van der Waals surface area (Å²) >= 11 is 0. The number of sulfone groups is 1. The van der Waals surface area contributed by atoms with Gasteiger partial charge in [-0.05, 0) is 17.7 Å². The van der Waals surface area contributed by atoms with Crippen molar-refractivity contribution in [3.8, 4) is 0 Å². The summed E-state index contributed by atoms with van der Waals surface area (Å²) in [6.07, 6.45) is 1.89. The molecule has 3 rings (SSSR count). The number of benzene rings is 2. The molecule has 2 aromatic rings. The quantitative estimate of drug-likeness (QED) is 0.503. The number of ketones is 1. The lowest BCUT2D eigenvalue weighted by atomic mass is 9.83. The Balaban J connectivity index is 2.19. The maximum Gasteiger partial charge on any atom is 0.244 e. The van der Waals surface area contributed by atoms with Crippen molar-refractivity contribution in [1.29, 1.82) is 0 Å². The summed E-state index contributed by atoms with van der Waals surface area (Å²) in [5.74, 6) is -4.00. The summed E-state index contributed by atoms with van der Waals surface area (Å²) in [6, 6.07) is 10.2. The molecule has 2 aromatic carbocycles. The van der Waals surface area contributed by atoms with Gasteiger partial charge in [0.05, 0.1) is 19.4 Å². The zero-order chi connectivity index (χ0) is 25.9. The number of rotatable bonds is 9. The average molecular weight is 528 g/mol. The number of carbonyl (C=O) groups is 1. The highest BCUT2D eigenvalue weighted by Crippen LogP contribution is 2.27. The van der Waals surface area contributed by atoms with E-state index in [1.807, 2.05) is 0 Å². The van der Waals surface area contributed by atoms with Crippen LogP contribution in [0.1, 0.15) is 5.56 Å². The molecule has 1 heterocycles. The molecule has 0 aromatic heterocycles. The Labute approximate surface area is 201 Å². The number of aliphatic imine (C=N–C) groups is 1. The summed E-state index contributed by atoms with van der Waals surface area (Å²) in [6.45, 7) is -0.284.